The third kappa shape index (κ3) is 4.84. The number of amides is 2. The van der Waals surface area contributed by atoms with Gasteiger partial charge in [-0.15, -0.1) is 0 Å². The molecule has 31 heavy (non-hydrogen) atoms. The molecule has 166 valence electrons. The molecular formula is C21H27N5O5. The number of rotatable bonds is 7. The first-order valence-corrected chi connectivity index (χ1v) is 10.2. The predicted octanol–water partition coefficient (Wildman–Crippen LogP) is 1.65. The molecule has 0 saturated carbocycles. The van der Waals surface area contributed by atoms with Crippen molar-refractivity contribution in [3.63, 3.8) is 0 Å². The van der Waals surface area contributed by atoms with Gasteiger partial charge in [0.05, 0.1) is 29.6 Å². The molecule has 0 fully saturated rings. The minimum Gasteiger partial charge on any atom is -0.463 e. The van der Waals surface area contributed by atoms with Crippen molar-refractivity contribution in [2.75, 3.05) is 13.2 Å². The minimum absolute atomic E-state index is 0.124. The maximum atomic E-state index is 12.4. The Hall–Kier alpha value is -3.43. The predicted molar refractivity (Wildman–Crippen MR) is 111 cm³/mol. The van der Waals surface area contributed by atoms with Gasteiger partial charge in [-0.3, -0.25) is 4.79 Å². The smallest absolute Gasteiger partial charge is 0.338 e. The standard InChI is InChI=1S/C21H27N5O5/c1-6-30-20(28)19-13(4)23-21(29)24-16(19)10-31-18(27)8-7-15-12(3)22-17-9-11(2)25-26(17)14(15)5/h9,13H,6-8,10H2,1-5H3,(H2,23,24,29). The van der Waals surface area contributed by atoms with Crippen LogP contribution in [0.25, 0.3) is 5.65 Å². The Morgan fingerprint density at radius 3 is 2.68 bits per heavy atom. The molecule has 2 aromatic heterocycles. The molecule has 0 aliphatic carbocycles. The van der Waals surface area contributed by atoms with Crippen LogP contribution in [0.5, 0.6) is 0 Å². The number of aryl methyl sites for hydroxylation is 3. The highest BCUT2D eigenvalue weighted by Gasteiger charge is 2.30. The molecular weight excluding hydrogens is 402 g/mol. The van der Waals surface area contributed by atoms with E-state index in [9.17, 15) is 14.4 Å². The molecule has 0 bridgehead atoms. The number of nitrogens with zero attached hydrogens (tertiary/aromatic N) is 3. The molecule has 1 atom stereocenters. The Kier molecular flexibility index (Phi) is 6.57. The van der Waals surface area contributed by atoms with Gasteiger partial charge in [-0.05, 0) is 46.6 Å². The summed E-state index contributed by atoms with van der Waals surface area (Å²) in [5.41, 5.74) is 4.81. The van der Waals surface area contributed by atoms with Crippen molar-refractivity contribution < 1.29 is 23.9 Å². The second-order valence-electron chi connectivity index (χ2n) is 7.41. The van der Waals surface area contributed by atoms with Crippen molar-refractivity contribution in [3.05, 3.63) is 40.0 Å². The number of carbonyl (C=O) groups is 3. The fraction of sp³-hybridized carbons (Fsp3) is 0.476. The molecule has 1 unspecified atom stereocenters. The summed E-state index contributed by atoms with van der Waals surface area (Å²) in [6, 6.07) is 0.884. The average molecular weight is 429 g/mol. The minimum atomic E-state index is -0.561. The van der Waals surface area contributed by atoms with E-state index >= 15 is 0 Å². The van der Waals surface area contributed by atoms with Crippen molar-refractivity contribution in [2.24, 2.45) is 0 Å². The highest BCUT2D eigenvalue weighted by atomic mass is 16.5. The Bertz CT molecular complexity index is 1070. The molecule has 3 rings (SSSR count). The number of hydrogen-bond acceptors (Lipinski definition) is 7. The van der Waals surface area contributed by atoms with E-state index in [1.807, 2.05) is 26.8 Å². The van der Waals surface area contributed by atoms with Gasteiger partial charge < -0.3 is 20.1 Å². The van der Waals surface area contributed by atoms with Gasteiger partial charge in [0.2, 0.25) is 0 Å². The summed E-state index contributed by atoms with van der Waals surface area (Å²) < 4.78 is 12.2. The Morgan fingerprint density at radius 1 is 1.23 bits per heavy atom. The monoisotopic (exact) mass is 429 g/mol. The van der Waals surface area contributed by atoms with Gasteiger partial charge in [-0.1, -0.05) is 0 Å². The highest BCUT2D eigenvalue weighted by molar-refractivity contribution is 5.94. The lowest BCUT2D eigenvalue weighted by molar-refractivity contribution is -0.143. The largest absolute Gasteiger partial charge is 0.463 e. The summed E-state index contributed by atoms with van der Waals surface area (Å²) >= 11 is 0. The van der Waals surface area contributed by atoms with E-state index in [0.29, 0.717) is 6.42 Å². The van der Waals surface area contributed by atoms with E-state index < -0.39 is 24.0 Å². The summed E-state index contributed by atoms with van der Waals surface area (Å²) in [6.45, 7) is 9.08. The van der Waals surface area contributed by atoms with Crippen molar-refractivity contribution in [2.45, 2.75) is 53.5 Å². The van der Waals surface area contributed by atoms with Gasteiger partial charge in [0, 0.05) is 23.9 Å². The lowest BCUT2D eigenvalue weighted by Crippen LogP contribution is -2.50. The summed E-state index contributed by atoms with van der Waals surface area (Å²) in [5.74, 6) is -1.01. The van der Waals surface area contributed by atoms with Crippen LogP contribution in [0.2, 0.25) is 0 Å². The Morgan fingerprint density at radius 2 is 1.97 bits per heavy atom. The highest BCUT2D eigenvalue weighted by Crippen LogP contribution is 2.18. The van der Waals surface area contributed by atoms with Crippen LogP contribution >= 0.6 is 0 Å². The zero-order valence-corrected chi connectivity index (χ0v) is 18.4. The van der Waals surface area contributed by atoms with Gasteiger partial charge in [0.25, 0.3) is 0 Å². The number of ether oxygens (including phenoxy) is 2. The van der Waals surface area contributed by atoms with Gasteiger partial charge in [-0.2, -0.15) is 5.10 Å². The van der Waals surface area contributed by atoms with Gasteiger partial charge in [-0.25, -0.2) is 19.1 Å². The molecule has 0 radical (unpaired) electrons. The lowest BCUT2D eigenvalue weighted by Gasteiger charge is -2.26. The number of esters is 2. The molecule has 3 heterocycles. The maximum Gasteiger partial charge on any atom is 0.338 e. The molecule has 1 aliphatic rings. The first-order chi connectivity index (χ1) is 14.7. The van der Waals surface area contributed by atoms with Crippen molar-refractivity contribution in [3.8, 4) is 0 Å². The van der Waals surface area contributed by atoms with Crippen molar-refractivity contribution in [1.29, 1.82) is 0 Å². The van der Waals surface area contributed by atoms with Crippen LogP contribution in [0.1, 0.15) is 42.9 Å². The van der Waals surface area contributed by atoms with Gasteiger partial charge in [0.1, 0.15) is 6.61 Å². The zero-order chi connectivity index (χ0) is 22.7. The quantitative estimate of drug-likeness (QED) is 0.641. The number of hydrogen-bond donors (Lipinski definition) is 2. The summed E-state index contributed by atoms with van der Waals surface area (Å²) in [7, 11) is 0. The van der Waals surface area contributed by atoms with Crippen molar-refractivity contribution >= 4 is 23.6 Å². The zero-order valence-electron chi connectivity index (χ0n) is 18.4. The van der Waals surface area contributed by atoms with Crippen LogP contribution in [0, 0.1) is 20.8 Å². The van der Waals surface area contributed by atoms with E-state index in [4.69, 9.17) is 9.47 Å². The van der Waals surface area contributed by atoms with Gasteiger partial charge in [0.15, 0.2) is 5.65 Å². The van der Waals surface area contributed by atoms with E-state index in [-0.39, 0.29) is 30.9 Å². The fourth-order valence-corrected chi connectivity index (χ4v) is 3.65. The average Bonchev–Trinajstić information content (AvgIpc) is 3.06. The third-order valence-electron chi connectivity index (χ3n) is 5.11. The molecule has 2 aromatic rings. The molecule has 2 amide bonds. The first-order valence-electron chi connectivity index (χ1n) is 10.2. The number of fused-ring (bicyclic) bond motifs is 1. The van der Waals surface area contributed by atoms with Crippen LogP contribution in [0.3, 0.4) is 0 Å². The van der Waals surface area contributed by atoms with E-state index in [1.165, 1.54) is 0 Å². The molecule has 10 nitrogen and oxygen atoms in total. The molecule has 0 spiro atoms. The van der Waals surface area contributed by atoms with E-state index in [2.05, 4.69) is 20.7 Å². The molecule has 0 aromatic carbocycles. The molecule has 1 aliphatic heterocycles. The normalized spacial score (nSPS) is 16.2. The number of urea groups is 1. The van der Waals surface area contributed by atoms with Gasteiger partial charge >= 0.3 is 18.0 Å². The van der Waals surface area contributed by atoms with E-state index in [0.717, 1.165) is 28.3 Å². The summed E-state index contributed by atoms with van der Waals surface area (Å²) in [5, 5.41) is 9.57. The van der Waals surface area contributed by atoms with Crippen LogP contribution in [-0.2, 0) is 25.5 Å². The molecule has 0 saturated heterocycles. The number of carbonyl (C=O) groups excluding carboxylic acids is 3. The number of aromatic nitrogens is 3. The SMILES string of the molecule is CCOC(=O)C1=C(COC(=O)CCc2c(C)nc3cc(C)nn3c2C)NC(=O)NC1C. The Labute approximate surface area is 180 Å². The Balaban J connectivity index is 1.68. The lowest BCUT2D eigenvalue weighted by atomic mass is 10.0. The second-order valence-corrected chi connectivity index (χ2v) is 7.41. The fourth-order valence-electron chi connectivity index (χ4n) is 3.65. The summed E-state index contributed by atoms with van der Waals surface area (Å²) in [4.78, 5) is 41.0. The van der Waals surface area contributed by atoms with Crippen LogP contribution < -0.4 is 10.6 Å². The van der Waals surface area contributed by atoms with Crippen LogP contribution in [0.15, 0.2) is 17.3 Å². The maximum absolute atomic E-state index is 12.4. The first kappa shape index (κ1) is 22.3. The van der Waals surface area contributed by atoms with Crippen molar-refractivity contribution in [1.82, 2.24) is 25.2 Å². The summed E-state index contributed by atoms with van der Waals surface area (Å²) in [6.07, 6.45) is 0.561. The van der Waals surface area contributed by atoms with Crippen LogP contribution in [0.4, 0.5) is 4.79 Å². The number of nitrogens with one attached hydrogen (secondary N) is 2. The van der Waals surface area contributed by atoms with E-state index in [1.54, 1.807) is 18.4 Å². The molecule has 10 heteroatoms. The second kappa shape index (κ2) is 9.15. The topological polar surface area (TPSA) is 124 Å². The van der Waals surface area contributed by atoms with Crippen LogP contribution in [-0.4, -0.2) is 51.8 Å². The molecule has 2 N–H and O–H groups in total. The third-order valence-corrected chi connectivity index (χ3v) is 5.11.